The van der Waals surface area contributed by atoms with E-state index in [-0.39, 0.29) is 11.3 Å². The maximum atomic E-state index is 13.0. The number of nitriles is 1. The molecule has 6 nitrogen and oxygen atoms in total. The SMILES string of the molecule is COc1ccc(C(C)NC(=O)/C(C#N)=C\Nc2ccc(Cl)c(C(F)(F)F)c2)cc1OC. The lowest BCUT2D eigenvalue weighted by atomic mass is 10.1. The summed E-state index contributed by atoms with van der Waals surface area (Å²) in [4.78, 5) is 12.4. The first-order valence-corrected chi connectivity index (χ1v) is 9.24. The van der Waals surface area contributed by atoms with Gasteiger partial charge in [-0.05, 0) is 42.8 Å². The molecule has 1 unspecified atom stereocenters. The molecule has 0 aromatic heterocycles. The molecule has 2 aromatic carbocycles. The van der Waals surface area contributed by atoms with Crippen LogP contribution in [0.1, 0.15) is 24.1 Å². The molecule has 0 fully saturated rings. The minimum Gasteiger partial charge on any atom is -0.493 e. The number of ether oxygens (including phenoxy) is 2. The van der Waals surface area contributed by atoms with E-state index in [2.05, 4.69) is 10.6 Å². The van der Waals surface area contributed by atoms with Gasteiger partial charge in [0.15, 0.2) is 11.5 Å². The van der Waals surface area contributed by atoms with Crippen LogP contribution in [0.15, 0.2) is 48.2 Å². The van der Waals surface area contributed by atoms with Crippen LogP contribution < -0.4 is 20.1 Å². The van der Waals surface area contributed by atoms with E-state index in [4.69, 9.17) is 21.1 Å². The van der Waals surface area contributed by atoms with E-state index in [1.165, 1.54) is 20.3 Å². The highest BCUT2D eigenvalue weighted by Crippen LogP contribution is 2.36. The van der Waals surface area contributed by atoms with E-state index in [1.54, 1.807) is 31.2 Å². The summed E-state index contributed by atoms with van der Waals surface area (Å²) in [5, 5.41) is 14.0. The molecular weight excluding hydrogens is 435 g/mol. The molecule has 0 heterocycles. The van der Waals surface area contributed by atoms with E-state index in [9.17, 15) is 23.2 Å². The predicted octanol–water partition coefficient (Wildman–Crippen LogP) is 5.07. The molecule has 0 saturated heterocycles. The molecular formula is C21H19ClF3N3O3. The molecule has 2 N–H and O–H groups in total. The second kappa shape index (κ2) is 10.1. The molecule has 31 heavy (non-hydrogen) atoms. The number of benzene rings is 2. The van der Waals surface area contributed by atoms with Crippen LogP contribution in [0.3, 0.4) is 0 Å². The number of carbonyl (C=O) groups is 1. The first kappa shape index (κ1) is 23.9. The van der Waals surface area contributed by atoms with Gasteiger partial charge in [-0.3, -0.25) is 4.79 Å². The number of hydrogen-bond acceptors (Lipinski definition) is 5. The Labute approximate surface area is 182 Å². The van der Waals surface area contributed by atoms with Gasteiger partial charge in [0.25, 0.3) is 5.91 Å². The minimum atomic E-state index is -4.64. The van der Waals surface area contributed by atoms with Crippen LogP contribution in [-0.4, -0.2) is 20.1 Å². The molecule has 0 aliphatic carbocycles. The van der Waals surface area contributed by atoms with Crippen LogP contribution in [0.5, 0.6) is 11.5 Å². The van der Waals surface area contributed by atoms with Gasteiger partial charge in [-0.25, -0.2) is 0 Å². The number of amides is 1. The molecule has 0 spiro atoms. The predicted molar refractivity (Wildman–Crippen MR) is 110 cm³/mol. The van der Waals surface area contributed by atoms with Crippen molar-refractivity contribution in [3.05, 3.63) is 64.3 Å². The summed E-state index contributed by atoms with van der Waals surface area (Å²) >= 11 is 5.58. The Hall–Kier alpha value is -3.38. The maximum absolute atomic E-state index is 13.0. The van der Waals surface area contributed by atoms with Gasteiger partial charge in [0.2, 0.25) is 0 Å². The van der Waals surface area contributed by atoms with Gasteiger partial charge in [-0.1, -0.05) is 17.7 Å². The Balaban J connectivity index is 2.15. The molecule has 0 bridgehead atoms. The number of alkyl halides is 3. The maximum Gasteiger partial charge on any atom is 0.417 e. The van der Waals surface area contributed by atoms with Crippen LogP contribution >= 0.6 is 11.6 Å². The number of rotatable bonds is 7. The normalized spacial score (nSPS) is 12.5. The van der Waals surface area contributed by atoms with E-state index in [0.29, 0.717) is 17.1 Å². The summed E-state index contributed by atoms with van der Waals surface area (Å²) in [7, 11) is 2.98. The van der Waals surface area contributed by atoms with E-state index in [0.717, 1.165) is 18.3 Å². The number of hydrogen-bond donors (Lipinski definition) is 2. The largest absolute Gasteiger partial charge is 0.493 e. The molecule has 0 radical (unpaired) electrons. The number of carbonyl (C=O) groups excluding carboxylic acids is 1. The zero-order valence-electron chi connectivity index (χ0n) is 16.8. The quantitative estimate of drug-likeness (QED) is 0.451. The third-order valence-corrected chi connectivity index (χ3v) is 4.60. The zero-order chi connectivity index (χ0) is 23.2. The lowest BCUT2D eigenvalue weighted by molar-refractivity contribution is -0.137. The fraction of sp³-hybridized carbons (Fsp3) is 0.238. The van der Waals surface area contributed by atoms with Crippen LogP contribution in [0.25, 0.3) is 0 Å². The number of nitrogens with one attached hydrogen (secondary N) is 2. The van der Waals surface area contributed by atoms with Crippen molar-refractivity contribution < 1.29 is 27.4 Å². The van der Waals surface area contributed by atoms with Crippen molar-refractivity contribution in [3.8, 4) is 17.6 Å². The second-order valence-electron chi connectivity index (χ2n) is 6.32. The highest BCUT2D eigenvalue weighted by molar-refractivity contribution is 6.31. The van der Waals surface area contributed by atoms with Crippen LogP contribution in [0, 0.1) is 11.3 Å². The first-order valence-electron chi connectivity index (χ1n) is 8.87. The van der Waals surface area contributed by atoms with Crippen molar-refractivity contribution in [2.75, 3.05) is 19.5 Å². The highest BCUT2D eigenvalue weighted by atomic mass is 35.5. The molecule has 0 aliphatic heterocycles. The third-order valence-electron chi connectivity index (χ3n) is 4.28. The van der Waals surface area contributed by atoms with E-state index >= 15 is 0 Å². The molecule has 164 valence electrons. The van der Waals surface area contributed by atoms with Gasteiger partial charge in [0, 0.05) is 11.9 Å². The molecule has 1 amide bonds. The monoisotopic (exact) mass is 453 g/mol. The minimum absolute atomic E-state index is 0.0187. The van der Waals surface area contributed by atoms with Crippen molar-refractivity contribution in [3.63, 3.8) is 0 Å². The lowest BCUT2D eigenvalue weighted by Crippen LogP contribution is -2.28. The Morgan fingerprint density at radius 2 is 1.84 bits per heavy atom. The average Bonchev–Trinajstić information content (AvgIpc) is 2.73. The van der Waals surface area contributed by atoms with Crippen molar-refractivity contribution >= 4 is 23.2 Å². The Morgan fingerprint density at radius 1 is 1.16 bits per heavy atom. The summed E-state index contributed by atoms with van der Waals surface area (Å²) in [6.45, 7) is 1.70. The van der Waals surface area contributed by atoms with E-state index < -0.39 is 28.7 Å². The smallest absolute Gasteiger partial charge is 0.417 e. The lowest BCUT2D eigenvalue weighted by Gasteiger charge is -2.16. The van der Waals surface area contributed by atoms with E-state index in [1.807, 2.05) is 0 Å². The number of methoxy groups -OCH3 is 2. The van der Waals surface area contributed by atoms with Gasteiger partial charge in [0.05, 0.1) is 30.8 Å². The molecule has 1 atom stereocenters. The van der Waals surface area contributed by atoms with Gasteiger partial charge < -0.3 is 20.1 Å². The molecule has 0 aliphatic rings. The van der Waals surface area contributed by atoms with Crippen molar-refractivity contribution in [1.29, 1.82) is 5.26 Å². The zero-order valence-corrected chi connectivity index (χ0v) is 17.6. The summed E-state index contributed by atoms with van der Waals surface area (Å²) in [6, 6.07) is 9.49. The molecule has 10 heteroatoms. The highest BCUT2D eigenvalue weighted by Gasteiger charge is 2.33. The van der Waals surface area contributed by atoms with Gasteiger partial charge in [0.1, 0.15) is 11.6 Å². The average molecular weight is 454 g/mol. The van der Waals surface area contributed by atoms with Gasteiger partial charge >= 0.3 is 6.18 Å². The molecule has 0 saturated carbocycles. The van der Waals surface area contributed by atoms with Crippen LogP contribution in [-0.2, 0) is 11.0 Å². The number of nitrogens with zero attached hydrogens (tertiary/aromatic N) is 1. The van der Waals surface area contributed by atoms with Crippen LogP contribution in [0.4, 0.5) is 18.9 Å². The third kappa shape index (κ3) is 6.06. The topological polar surface area (TPSA) is 83.4 Å². The van der Waals surface area contributed by atoms with Gasteiger partial charge in [-0.15, -0.1) is 0 Å². The number of halogens is 4. The fourth-order valence-corrected chi connectivity index (χ4v) is 2.84. The number of anilines is 1. The fourth-order valence-electron chi connectivity index (χ4n) is 2.62. The molecule has 2 aromatic rings. The van der Waals surface area contributed by atoms with Crippen molar-refractivity contribution in [1.82, 2.24) is 5.32 Å². The summed E-state index contributed by atoms with van der Waals surface area (Å²) in [5.74, 6) is 0.289. The Bertz CT molecular complexity index is 1030. The second-order valence-corrected chi connectivity index (χ2v) is 6.72. The van der Waals surface area contributed by atoms with Gasteiger partial charge in [-0.2, -0.15) is 18.4 Å². The standard InChI is InChI=1S/C21H19ClF3N3O3/c1-12(13-4-7-18(30-2)19(8-13)31-3)28-20(29)14(10-26)11-27-15-5-6-17(22)16(9-15)21(23,24)25/h4-9,11-12,27H,1-3H3,(H,28,29)/b14-11-. The summed E-state index contributed by atoms with van der Waals surface area (Å²) in [6.07, 6.45) is -3.61. The van der Waals surface area contributed by atoms with Crippen molar-refractivity contribution in [2.24, 2.45) is 0 Å². The Morgan fingerprint density at radius 3 is 2.42 bits per heavy atom. The van der Waals surface area contributed by atoms with Crippen molar-refractivity contribution in [2.45, 2.75) is 19.1 Å². The summed E-state index contributed by atoms with van der Waals surface area (Å²) in [5.41, 5.74) is -0.637. The molecule has 2 rings (SSSR count). The van der Waals surface area contributed by atoms with Crippen LogP contribution in [0.2, 0.25) is 5.02 Å². The Kier molecular flexibility index (Phi) is 7.78. The summed E-state index contributed by atoms with van der Waals surface area (Å²) < 4.78 is 49.3. The first-order chi connectivity index (χ1) is 14.6.